The van der Waals surface area contributed by atoms with Gasteiger partial charge in [-0.15, -0.1) is 6.42 Å². The van der Waals surface area contributed by atoms with E-state index in [1.54, 1.807) is 0 Å². The zero-order valence-electron chi connectivity index (χ0n) is 19.1. The van der Waals surface area contributed by atoms with E-state index in [-0.39, 0.29) is 0 Å². The average Bonchev–Trinajstić information content (AvgIpc) is 3.21. The van der Waals surface area contributed by atoms with E-state index in [0.29, 0.717) is 23.9 Å². The van der Waals surface area contributed by atoms with Crippen molar-refractivity contribution in [1.82, 2.24) is 24.4 Å². The standard InChI is InChI=1S/C24H27N7O2S/c1-3-17-12-18-19(33-11-10-29(18)2)13-20(17)34-24-28-21-22(25)26-14-27-23(21)31(24)9-6-16-4-7-30(15-32)8-5-16/h1,12-16H,4-11H2,2H3,(H2,25,26,27). The normalized spacial score (nSPS) is 16.2. The lowest BCUT2D eigenvalue weighted by Crippen LogP contribution is -2.32. The number of hydrogen-bond acceptors (Lipinski definition) is 8. The van der Waals surface area contributed by atoms with Crippen molar-refractivity contribution >= 4 is 40.8 Å². The number of imidazole rings is 1. The molecule has 0 radical (unpaired) electrons. The van der Waals surface area contributed by atoms with Gasteiger partial charge in [0.25, 0.3) is 0 Å². The molecule has 0 atom stereocenters. The van der Waals surface area contributed by atoms with Crippen molar-refractivity contribution in [1.29, 1.82) is 0 Å². The topological polar surface area (TPSA) is 102 Å². The molecule has 34 heavy (non-hydrogen) atoms. The number of rotatable bonds is 6. The van der Waals surface area contributed by atoms with E-state index in [0.717, 1.165) is 84.6 Å². The zero-order chi connectivity index (χ0) is 23.7. The molecule has 5 rings (SSSR count). The van der Waals surface area contributed by atoms with Gasteiger partial charge in [-0.25, -0.2) is 15.0 Å². The molecule has 1 fully saturated rings. The summed E-state index contributed by atoms with van der Waals surface area (Å²) >= 11 is 1.50. The van der Waals surface area contributed by atoms with E-state index in [1.165, 1.54) is 18.1 Å². The third-order valence-electron chi connectivity index (χ3n) is 6.60. The third kappa shape index (κ3) is 4.23. The van der Waals surface area contributed by atoms with E-state index >= 15 is 0 Å². The number of anilines is 2. The van der Waals surface area contributed by atoms with Gasteiger partial charge in [-0.05, 0) is 37.3 Å². The Bertz CT molecular complexity index is 1260. The summed E-state index contributed by atoms with van der Waals surface area (Å²) in [5, 5.41) is 0.771. The maximum Gasteiger partial charge on any atom is 0.209 e. The molecule has 2 aliphatic heterocycles. The molecule has 3 aromatic rings. The summed E-state index contributed by atoms with van der Waals surface area (Å²) in [6.07, 6.45) is 11.3. The molecule has 1 amide bonds. The van der Waals surface area contributed by atoms with Gasteiger partial charge in [0.2, 0.25) is 6.41 Å². The number of nitrogens with two attached hydrogens (primary N) is 1. The van der Waals surface area contributed by atoms with Crippen LogP contribution in [0.1, 0.15) is 24.8 Å². The molecule has 2 N–H and O–H groups in total. The molecule has 9 nitrogen and oxygen atoms in total. The van der Waals surface area contributed by atoms with Crippen LogP contribution in [0.5, 0.6) is 5.75 Å². The fourth-order valence-corrected chi connectivity index (χ4v) is 5.56. The van der Waals surface area contributed by atoms with E-state index in [1.807, 2.05) is 24.1 Å². The largest absolute Gasteiger partial charge is 0.490 e. The Hall–Kier alpha value is -3.45. The van der Waals surface area contributed by atoms with Crippen molar-refractivity contribution < 1.29 is 9.53 Å². The van der Waals surface area contributed by atoms with Crippen molar-refractivity contribution in [3.05, 3.63) is 24.0 Å². The summed E-state index contributed by atoms with van der Waals surface area (Å²) in [6, 6.07) is 4.00. The van der Waals surface area contributed by atoms with Gasteiger partial charge in [0, 0.05) is 37.1 Å². The average molecular weight is 478 g/mol. The van der Waals surface area contributed by atoms with Gasteiger partial charge in [-0.2, -0.15) is 0 Å². The number of nitrogen functional groups attached to an aromatic ring is 1. The highest BCUT2D eigenvalue weighted by molar-refractivity contribution is 7.99. The van der Waals surface area contributed by atoms with Gasteiger partial charge in [-0.3, -0.25) is 4.79 Å². The second-order valence-electron chi connectivity index (χ2n) is 8.68. The number of likely N-dealkylation sites (tertiary alicyclic amines) is 1. The molecule has 10 heteroatoms. The maximum absolute atomic E-state index is 11.0. The Morgan fingerprint density at radius 1 is 1.29 bits per heavy atom. The number of ether oxygens (including phenoxy) is 1. The Morgan fingerprint density at radius 3 is 2.88 bits per heavy atom. The quantitative estimate of drug-likeness (QED) is 0.427. The first kappa shape index (κ1) is 22.3. The second-order valence-corrected chi connectivity index (χ2v) is 9.69. The summed E-state index contributed by atoms with van der Waals surface area (Å²) in [6.45, 7) is 3.82. The molecule has 0 saturated carbocycles. The number of nitrogens with zero attached hydrogens (tertiary/aromatic N) is 6. The predicted molar refractivity (Wildman–Crippen MR) is 132 cm³/mol. The smallest absolute Gasteiger partial charge is 0.209 e. The molecule has 176 valence electrons. The van der Waals surface area contributed by atoms with Crippen LogP contribution >= 0.6 is 11.8 Å². The molecular formula is C24H27N7O2S. The summed E-state index contributed by atoms with van der Waals surface area (Å²) < 4.78 is 8.01. The molecule has 2 aromatic heterocycles. The van der Waals surface area contributed by atoms with Crippen LogP contribution in [0.3, 0.4) is 0 Å². The van der Waals surface area contributed by atoms with Gasteiger partial charge >= 0.3 is 0 Å². The fourth-order valence-electron chi connectivity index (χ4n) is 4.54. The molecule has 0 spiro atoms. The number of aromatic nitrogens is 4. The highest BCUT2D eigenvalue weighted by atomic mass is 32.2. The summed E-state index contributed by atoms with van der Waals surface area (Å²) in [5.74, 6) is 4.54. The number of benzene rings is 1. The van der Waals surface area contributed by atoms with Crippen molar-refractivity contribution in [2.75, 3.05) is 43.9 Å². The number of piperidine rings is 1. The lowest BCUT2D eigenvalue weighted by Gasteiger charge is -2.29. The maximum atomic E-state index is 11.0. The van der Waals surface area contributed by atoms with E-state index in [9.17, 15) is 4.79 Å². The van der Waals surface area contributed by atoms with Crippen LogP contribution in [-0.2, 0) is 11.3 Å². The molecule has 0 bridgehead atoms. The highest BCUT2D eigenvalue weighted by Crippen LogP contribution is 2.40. The number of amides is 1. The van der Waals surface area contributed by atoms with Gasteiger partial charge in [0.15, 0.2) is 22.1 Å². The van der Waals surface area contributed by atoms with Crippen LogP contribution in [0.4, 0.5) is 11.5 Å². The summed E-state index contributed by atoms with van der Waals surface area (Å²) in [4.78, 5) is 29.3. The van der Waals surface area contributed by atoms with Gasteiger partial charge in [-0.1, -0.05) is 17.7 Å². The van der Waals surface area contributed by atoms with E-state index < -0.39 is 0 Å². The van der Waals surface area contributed by atoms with Crippen molar-refractivity contribution in [3.8, 4) is 18.1 Å². The third-order valence-corrected chi connectivity index (χ3v) is 7.65. The first-order chi connectivity index (χ1) is 16.6. The molecule has 1 saturated heterocycles. The van der Waals surface area contributed by atoms with Gasteiger partial charge in [0.05, 0.1) is 12.2 Å². The van der Waals surface area contributed by atoms with Crippen LogP contribution in [-0.4, -0.2) is 64.1 Å². The Balaban J connectivity index is 1.46. The van der Waals surface area contributed by atoms with Crippen LogP contribution in [0.15, 0.2) is 28.5 Å². The minimum Gasteiger partial charge on any atom is -0.490 e. The monoisotopic (exact) mass is 477 g/mol. The summed E-state index contributed by atoms with van der Waals surface area (Å²) in [7, 11) is 2.04. The van der Waals surface area contributed by atoms with Crippen LogP contribution < -0.4 is 15.4 Å². The number of likely N-dealkylation sites (N-methyl/N-ethyl adjacent to an activating group) is 1. The molecular weight excluding hydrogens is 450 g/mol. The van der Waals surface area contributed by atoms with E-state index in [4.69, 9.17) is 21.9 Å². The SMILES string of the molecule is C#Cc1cc2c(cc1Sc1nc3c(N)ncnc3n1CCC1CCN(C=O)CC1)OCCN2C. The summed E-state index contributed by atoms with van der Waals surface area (Å²) in [5.41, 5.74) is 9.23. The number of terminal acetylenes is 1. The first-order valence-corrected chi connectivity index (χ1v) is 12.2. The molecule has 0 aliphatic carbocycles. The van der Waals surface area contributed by atoms with Crippen LogP contribution in [0, 0.1) is 18.3 Å². The lowest BCUT2D eigenvalue weighted by atomic mass is 9.94. The molecule has 4 heterocycles. The van der Waals surface area contributed by atoms with Crippen molar-refractivity contribution in [2.45, 2.75) is 35.9 Å². The van der Waals surface area contributed by atoms with Gasteiger partial charge in [0.1, 0.15) is 18.7 Å². The molecule has 2 aliphatic rings. The number of fused-ring (bicyclic) bond motifs is 2. The Labute approximate surface area is 202 Å². The highest BCUT2D eigenvalue weighted by Gasteiger charge is 2.23. The van der Waals surface area contributed by atoms with E-state index in [2.05, 4.69) is 25.4 Å². The predicted octanol–water partition coefficient (Wildman–Crippen LogP) is 2.63. The number of carbonyl (C=O) groups excluding carboxylic acids is 1. The Kier molecular flexibility index (Phi) is 6.20. The molecule has 1 aromatic carbocycles. The van der Waals surface area contributed by atoms with Crippen molar-refractivity contribution in [2.24, 2.45) is 5.92 Å². The van der Waals surface area contributed by atoms with Crippen LogP contribution in [0.25, 0.3) is 11.2 Å². The number of hydrogen-bond donors (Lipinski definition) is 1. The molecule has 0 unspecified atom stereocenters. The minimum absolute atomic E-state index is 0.359. The fraction of sp³-hybridized carbons (Fsp3) is 0.417. The number of aryl methyl sites for hydroxylation is 1. The van der Waals surface area contributed by atoms with Crippen LogP contribution in [0.2, 0.25) is 0 Å². The lowest BCUT2D eigenvalue weighted by molar-refractivity contribution is -0.119. The van der Waals surface area contributed by atoms with Gasteiger partial charge < -0.3 is 24.8 Å². The Morgan fingerprint density at radius 2 is 2.12 bits per heavy atom. The zero-order valence-corrected chi connectivity index (χ0v) is 19.9. The van der Waals surface area contributed by atoms with Crippen molar-refractivity contribution in [3.63, 3.8) is 0 Å². The minimum atomic E-state index is 0.359. The first-order valence-electron chi connectivity index (χ1n) is 11.4. The number of carbonyl (C=O) groups is 1. The second kappa shape index (κ2) is 9.43.